The van der Waals surface area contributed by atoms with Crippen molar-refractivity contribution in [2.45, 2.75) is 20.0 Å². The maximum absolute atomic E-state index is 13.8. The lowest BCUT2D eigenvalue weighted by molar-refractivity contribution is -0.117. The van der Waals surface area contributed by atoms with Crippen molar-refractivity contribution in [2.75, 3.05) is 19.5 Å². The molecule has 0 spiro atoms. The highest BCUT2D eigenvalue weighted by Crippen LogP contribution is 2.40. The molecule has 0 heterocycles. The number of anilines is 1. The molecule has 1 N–H and O–H groups in total. The van der Waals surface area contributed by atoms with Crippen LogP contribution < -0.4 is 14.8 Å². The first-order valence-corrected chi connectivity index (χ1v) is 9.02. The van der Waals surface area contributed by atoms with Gasteiger partial charge in [-0.25, -0.2) is 13.6 Å². The molecule has 1 saturated carbocycles. The summed E-state index contributed by atoms with van der Waals surface area (Å²) in [6, 6.07) is 6.44. The molecule has 0 radical (unpaired) electrons. The highest BCUT2D eigenvalue weighted by Gasteiger charge is 2.39. The lowest BCUT2D eigenvalue weighted by Gasteiger charge is -2.15. The van der Waals surface area contributed by atoms with E-state index in [-0.39, 0.29) is 40.3 Å². The van der Waals surface area contributed by atoms with E-state index in [9.17, 15) is 18.4 Å². The SMILES string of the molecule is COc1cc(NC(=O)C2CC2C)c(C(=O)OCc2cccc(F)c2F)cc1OC. The zero-order valence-electron chi connectivity index (χ0n) is 16.3. The molecule has 0 aromatic heterocycles. The molecule has 0 bridgehead atoms. The molecule has 2 aromatic carbocycles. The van der Waals surface area contributed by atoms with Crippen LogP contribution in [0.4, 0.5) is 14.5 Å². The van der Waals surface area contributed by atoms with Gasteiger partial charge in [-0.3, -0.25) is 4.79 Å². The van der Waals surface area contributed by atoms with E-state index in [0.717, 1.165) is 12.5 Å². The number of carbonyl (C=O) groups is 2. The Morgan fingerprint density at radius 2 is 1.79 bits per heavy atom. The fourth-order valence-corrected chi connectivity index (χ4v) is 2.95. The molecule has 2 atom stereocenters. The largest absolute Gasteiger partial charge is 0.493 e. The van der Waals surface area contributed by atoms with Gasteiger partial charge in [-0.15, -0.1) is 0 Å². The molecule has 29 heavy (non-hydrogen) atoms. The monoisotopic (exact) mass is 405 g/mol. The van der Waals surface area contributed by atoms with E-state index in [2.05, 4.69) is 5.32 Å². The van der Waals surface area contributed by atoms with Crippen LogP contribution in [-0.4, -0.2) is 26.1 Å². The van der Waals surface area contributed by atoms with E-state index in [1.807, 2.05) is 6.92 Å². The van der Waals surface area contributed by atoms with Gasteiger partial charge in [0.15, 0.2) is 23.1 Å². The van der Waals surface area contributed by atoms with Gasteiger partial charge in [0.25, 0.3) is 0 Å². The number of esters is 1. The number of carbonyl (C=O) groups excluding carboxylic acids is 2. The summed E-state index contributed by atoms with van der Waals surface area (Å²) in [6.45, 7) is 1.49. The summed E-state index contributed by atoms with van der Waals surface area (Å²) in [4.78, 5) is 25.0. The minimum Gasteiger partial charge on any atom is -0.493 e. The Balaban J connectivity index is 1.85. The van der Waals surface area contributed by atoms with Gasteiger partial charge in [-0.1, -0.05) is 19.1 Å². The molecule has 1 amide bonds. The van der Waals surface area contributed by atoms with Crippen LogP contribution in [0, 0.1) is 23.5 Å². The van der Waals surface area contributed by atoms with Crippen molar-refractivity contribution < 1.29 is 32.6 Å². The zero-order valence-corrected chi connectivity index (χ0v) is 16.3. The van der Waals surface area contributed by atoms with Gasteiger partial charge in [0, 0.05) is 23.6 Å². The summed E-state index contributed by atoms with van der Waals surface area (Å²) in [5, 5.41) is 2.72. The number of rotatable bonds is 7. The second kappa shape index (κ2) is 8.46. The average Bonchev–Trinajstić information content (AvgIpc) is 3.45. The molecular weight excluding hydrogens is 384 g/mol. The summed E-state index contributed by atoms with van der Waals surface area (Å²) < 4.78 is 42.7. The van der Waals surface area contributed by atoms with Crippen molar-refractivity contribution in [1.29, 1.82) is 0 Å². The molecular formula is C21H21F2NO5. The zero-order chi connectivity index (χ0) is 21.1. The maximum Gasteiger partial charge on any atom is 0.340 e. The highest BCUT2D eigenvalue weighted by atomic mass is 19.2. The molecule has 1 fully saturated rings. The summed E-state index contributed by atoms with van der Waals surface area (Å²) in [7, 11) is 2.83. The normalized spacial score (nSPS) is 17.4. The third kappa shape index (κ3) is 4.47. The molecule has 0 aliphatic heterocycles. The van der Waals surface area contributed by atoms with Crippen molar-refractivity contribution in [2.24, 2.45) is 11.8 Å². The van der Waals surface area contributed by atoms with Crippen LogP contribution in [0.1, 0.15) is 29.3 Å². The molecule has 2 aromatic rings. The average molecular weight is 405 g/mol. The minimum atomic E-state index is -1.08. The minimum absolute atomic E-state index is 0.0149. The molecule has 2 unspecified atom stereocenters. The Hall–Kier alpha value is -3.16. The molecule has 3 rings (SSSR count). The number of benzene rings is 2. The highest BCUT2D eigenvalue weighted by molar-refractivity contribution is 6.03. The smallest absolute Gasteiger partial charge is 0.340 e. The van der Waals surface area contributed by atoms with Gasteiger partial charge < -0.3 is 19.5 Å². The number of halogens is 2. The van der Waals surface area contributed by atoms with Crippen molar-refractivity contribution in [3.05, 3.63) is 53.1 Å². The topological polar surface area (TPSA) is 73.9 Å². The van der Waals surface area contributed by atoms with Crippen LogP contribution in [0.15, 0.2) is 30.3 Å². The Labute approximate surface area is 166 Å². The predicted molar refractivity (Wildman–Crippen MR) is 101 cm³/mol. The van der Waals surface area contributed by atoms with Crippen molar-refractivity contribution in [3.63, 3.8) is 0 Å². The van der Waals surface area contributed by atoms with Crippen LogP contribution in [0.3, 0.4) is 0 Å². The summed E-state index contributed by atoms with van der Waals surface area (Å²) >= 11 is 0. The van der Waals surface area contributed by atoms with E-state index in [1.54, 1.807) is 0 Å². The maximum atomic E-state index is 13.8. The first kappa shape index (κ1) is 20.6. The van der Waals surface area contributed by atoms with Gasteiger partial charge in [0.1, 0.15) is 6.61 Å². The standard InChI is InChI=1S/C21H21F2NO5/c1-11-7-13(11)20(25)24-16-9-18(28-3)17(27-2)8-14(16)21(26)29-10-12-5-4-6-15(22)19(12)23/h4-6,8-9,11,13H,7,10H2,1-3H3,(H,24,25). The molecule has 1 aliphatic rings. The molecule has 6 nitrogen and oxygen atoms in total. The first-order valence-electron chi connectivity index (χ1n) is 9.02. The Kier molecular flexibility index (Phi) is 6.00. The van der Waals surface area contributed by atoms with E-state index < -0.39 is 24.2 Å². The van der Waals surface area contributed by atoms with Crippen molar-refractivity contribution >= 4 is 17.6 Å². The molecule has 154 valence electrons. The van der Waals surface area contributed by atoms with Crippen molar-refractivity contribution in [1.82, 2.24) is 0 Å². The van der Waals surface area contributed by atoms with Gasteiger partial charge in [-0.2, -0.15) is 0 Å². The number of amides is 1. The van der Waals surface area contributed by atoms with Crippen LogP contribution in [0.25, 0.3) is 0 Å². The lowest BCUT2D eigenvalue weighted by Crippen LogP contribution is -2.18. The van der Waals surface area contributed by atoms with Crippen LogP contribution >= 0.6 is 0 Å². The van der Waals surface area contributed by atoms with E-state index in [1.165, 1.54) is 38.5 Å². The van der Waals surface area contributed by atoms with E-state index in [4.69, 9.17) is 14.2 Å². The number of hydrogen-bond donors (Lipinski definition) is 1. The Bertz CT molecular complexity index is 947. The van der Waals surface area contributed by atoms with Crippen LogP contribution in [-0.2, 0) is 16.1 Å². The number of hydrogen-bond acceptors (Lipinski definition) is 5. The van der Waals surface area contributed by atoms with Crippen LogP contribution in [0.5, 0.6) is 11.5 Å². The van der Waals surface area contributed by atoms with Gasteiger partial charge >= 0.3 is 5.97 Å². The van der Waals surface area contributed by atoms with E-state index >= 15 is 0 Å². The fraction of sp³-hybridized carbons (Fsp3) is 0.333. The number of ether oxygens (including phenoxy) is 3. The quantitative estimate of drug-likeness (QED) is 0.707. The van der Waals surface area contributed by atoms with Crippen molar-refractivity contribution in [3.8, 4) is 11.5 Å². The second-order valence-corrected chi connectivity index (χ2v) is 6.85. The lowest BCUT2D eigenvalue weighted by atomic mass is 10.1. The molecule has 8 heteroatoms. The first-order chi connectivity index (χ1) is 13.8. The van der Waals surface area contributed by atoms with Gasteiger partial charge in [0.2, 0.25) is 5.91 Å². The van der Waals surface area contributed by atoms with Gasteiger partial charge in [-0.05, 0) is 18.4 Å². The Morgan fingerprint density at radius 3 is 2.41 bits per heavy atom. The third-order valence-electron chi connectivity index (χ3n) is 4.84. The Morgan fingerprint density at radius 1 is 1.14 bits per heavy atom. The second-order valence-electron chi connectivity index (χ2n) is 6.85. The number of nitrogens with one attached hydrogen (secondary N) is 1. The fourth-order valence-electron chi connectivity index (χ4n) is 2.95. The predicted octanol–water partition coefficient (Wildman–Crippen LogP) is 3.93. The molecule has 1 aliphatic carbocycles. The summed E-state index contributed by atoms with van der Waals surface area (Å²) in [6.07, 6.45) is 0.776. The third-order valence-corrected chi connectivity index (χ3v) is 4.84. The summed E-state index contributed by atoms with van der Waals surface area (Å²) in [5.41, 5.74) is 0.105. The molecule has 0 saturated heterocycles. The summed E-state index contributed by atoms with van der Waals surface area (Å²) in [5.74, 6) is -2.41. The number of methoxy groups -OCH3 is 2. The van der Waals surface area contributed by atoms with Gasteiger partial charge in [0.05, 0.1) is 25.5 Å². The van der Waals surface area contributed by atoms with Crippen LogP contribution in [0.2, 0.25) is 0 Å². The van der Waals surface area contributed by atoms with E-state index in [0.29, 0.717) is 5.75 Å².